The average Bonchev–Trinajstić information content (AvgIpc) is 2.57. The maximum absolute atomic E-state index is 11.9. The van der Waals surface area contributed by atoms with Gasteiger partial charge in [0.05, 0.1) is 5.69 Å². The molecular formula is C12H8NNaO3S. The molecule has 18 heavy (non-hydrogen) atoms. The molecule has 4 nitrogen and oxygen atoms in total. The van der Waals surface area contributed by atoms with Gasteiger partial charge in [0.25, 0.3) is 5.91 Å². The van der Waals surface area contributed by atoms with Crippen molar-refractivity contribution in [2.45, 2.75) is 4.90 Å². The number of amides is 1. The van der Waals surface area contributed by atoms with Crippen molar-refractivity contribution in [2.24, 2.45) is 0 Å². The van der Waals surface area contributed by atoms with Gasteiger partial charge in [0, 0.05) is 22.9 Å². The first-order valence-electron chi connectivity index (χ1n) is 5.04. The summed E-state index contributed by atoms with van der Waals surface area (Å²) in [5.74, 6) is -0.0977. The van der Waals surface area contributed by atoms with Gasteiger partial charge in [-0.25, -0.2) is 0 Å². The zero-order valence-electron chi connectivity index (χ0n) is 9.97. The van der Waals surface area contributed by atoms with Gasteiger partial charge in [-0.15, -0.1) is 0 Å². The average molecular weight is 269 g/mol. The first-order valence-corrected chi connectivity index (χ1v) is 6.12. The minimum atomic E-state index is -2.29. The van der Waals surface area contributed by atoms with Gasteiger partial charge < -0.3 is 9.45 Å². The normalized spacial score (nSPS) is 14.8. The SMILES string of the molecule is CN1C(=O)c2cccc3c(S(=O)[O-])ccc1c23.[Na+]. The molecule has 1 unspecified atom stereocenters. The second-order valence-corrected chi connectivity index (χ2v) is 4.82. The molecule has 1 aliphatic rings. The van der Waals surface area contributed by atoms with Crippen LogP contribution in [0.1, 0.15) is 10.4 Å². The summed E-state index contributed by atoms with van der Waals surface area (Å²) in [7, 11) is 1.69. The third-order valence-corrected chi connectivity index (χ3v) is 3.77. The fourth-order valence-electron chi connectivity index (χ4n) is 2.25. The third-order valence-electron chi connectivity index (χ3n) is 3.05. The van der Waals surface area contributed by atoms with Crippen LogP contribution in [0.15, 0.2) is 35.2 Å². The van der Waals surface area contributed by atoms with Gasteiger partial charge in [-0.2, -0.15) is 0 Å². The summed E-state index contributed by atoms with van der Waals surface area (Å²) in [6, 6.07) is 8.34. The molecule has 0 spiro atoms. The Bertz CT molecular complexity index is 686. The maximum Gasteiger partial charge on any atom is 1.00 e. The van der Waals surface area contributed by atoms with Gasteiger partial charge in [-0.3, -0.25) is 9.00 Å². The van der Waals surface area contributed by atoms with E-state index in [9.17, 15) is 13.6 Å². The Balaban J connectivity index is 0.00000120. The number of rotatable bonds is 1. The van der Waals surface area contributed by atoms with Gasteiger partial charge in [0.2, 0.25) is 0 Å². The van der Waals surface area contributed by atoms with Crippen LogP contribution in [-0.2, 0) is 11.1 Å². The number of benzene rings is 2. The molecule has 0 saturated carbocycles. The Morgan fingerprint density at radius 3 is 2.61 bits per heavy atom. The Kier molecular flexibility index (Phi) is 3.62. The van der Waals surface area contributed by atoms with Crippen molar-refractivity contribution in [1.82, 2.24) is 0 Å². The van der Waals surface area contributed by atoms with Gasteiger partial charge in [-0.1, -0.05) is 12.1 Å². The summed E-state index contributed by atoms with van der Waals surface area (Å²) in [5.41, 5.74) is 1.32. The monoisotopic (exact) mass is 269 g/mol. The molecule has 0 bridgehead atoms. The minimum Gasteiger partial charge on any atom is -0.768 e. The number of hydrogen-bond acceptors (Lipinski definition) is 3. The topological polar surface area (TPSA) is 60.4 Å². The number of carbonyl (C=O) groups excluding carboxylic acids is 1. The molecule has 0 aliphatic carbocycles. The van der Waals surface area contributed by atoms with Crippen LogP contribution < -0.4 is 34.5 Å². The molecule has 0 saturated heterocycles. The summed E-state index contributed by atoms with van der Waals surface area (Å²) < 4.78 is 22.2. The molecule has 1 amide bonds. The summed E-state index contributed by atoms with van der Waals surface area (Å²) in [6.45, 7) is 0. The Morgan fingerprint density at radius 2 is 1.94 bits per heavy atom. The van der Waals surface area contributed by atoms with Crippen molar-refractivity contribution >= 4 is 33.4 Å². The van der Waals surface area contributed by atoms with E-state index in [-0.39, 0.29) is 40.4 Å². The first-order chi connectivity index (χ1) is 8.11. The van der Waals surface area contributed by atoms with Crippen molar-refractivity contribution in [3.8, 4) is 0 Å². The van der Waals surface area contributed by atoms with E-state index in [1.807, 2.05) is 0 Å². The van der Waals surface area contributed by atoms with Crippen LogP contribution >= 0.6 is 0 Å². The third kappa shape index (κ3) is 1.74. The van der Waals surface area contributed by atoms with E-state index < -0.39 is 11.1 Å². The first kappa shape index (κ1) is 13.7. The maximum atomic E-state index is 11.9. The molecule has 1 atom stereocenters. The smallest absolute Gasteiger partial charge is 0.768 e. The van der Waals surface area contributed by atoms with E-state index in [0.717, 1.165) is 11.1 Å². The molecule has 0 N–H and O–H groups in total. The van der Waals surface area contributed by atoms with E-state index in [1.165, 1.54) is 11.0 Å². The summed E-state index contributed by atoms with van der Waals surface area (Å²) in [6.07, 6.45) is 0. The van der Waals surface area contributed by atoms with Crippen LogP contribution in [0.4, 0.5) is 5.69 Å². The van der Waals surface area contributed by atoms with Gasteiger partial charge >= 0.3 is 29.6 Å². The molecule has 0 aromatic heterocycles. The molecule has 2 aromatic rings. The summed E-state index contributed by atoms with van der Waals surface area (Å²) in [5, 5.41) is 1.33. The van der Waals surface area contributed by atoms with Crippen LogP contribution in [0.3, 0.4) is 0 Å². The Labute approximate surface area is 129 Å². The van der Waals surface area contributed by atoms with Crippen LogP contribution in [0, 0.1) is 0 Å². The predicted octanol–water partition coefficient (Wildman–Crippen LogP) is -1.33. The number of nitrogens with zero attached hydrogens (tertiary/aromatic N) is 1. The van der Waals surface area contributed by atoms with E-state index in [1.54, 1.807) is 31.3 Å². The zero-order chi connectivity index (χ0) is 12.2. The fourth-order valence-corrected chi connectivity index (χ4v) is 2.78. The van der Waals surface area contributed by atoms with Crippen molar-refractivity contribution in [1.29, 1.82) is 0 Å². The van der Waals surface area contributed by atoms with Crippen molar-refractivity contribution in [3.63, 3.8) is 0 Å². The number of hydrogen-bond donors (Lipinski definition) is 0. The van der Waals surface area contributed by atoms with Gasteiger partial charge in [0.15, 0.2) is 0 Å². The number of carbonyl (C=O) groups is 1. The number of anilines is 1. The quantitative estimate of drug-likeness (QED) is 0.476. The van der Waals surface area contributed by atoms with Crippen LogP contribution in [0.5, 0.6) is 0 Å². The molecule has 86 valence electrons. The Hall–Kier alpha value is -0.720. The van der Waals surface area contributed by atoms with E-state index >= 15 is 0 Å². The molecule has 6 heteroatoms. The molecule has 0 fully saturated rings. The minimum absolute atomic E-state index is 0. The summed E-state index contributed by atoms with van der Waals surface area (Å²) in [4.78, 5) is 13.7. The van der Waals surface area contributed by atoms with Crippen LogP contribution in [-0.4, -0.2) is 21.7 Å². The van der Waals surface area contributed by atoms with E-state index in [0.29, 0.717) is 10.9 Å². The molecular weight excluding hydrogens is 261 g/mol. The van der Waals surface area contributed by atoms with Crippen LogP contribution in [0.25, 0.3) is 10.8 Å². The zero-order valence-corrected chi connectivity index (χ0v) is 12.8. The van der Waals surface area contributed by atoms with Gasteiger partial charge in [0.1, 0.15) is 0 Å². The van der Waals surface area contributed by atoms with E-state index in [2.05, 4.69) is 0 Å². The van der Waals surface area contributed by atoms with Crippen molar-refractivity contribution in [2.75, 3.05) is 11.9 Å². The molecule has 2 aromatic carbocycles. The molecule has 3 rings (SSSR count). The fraction of sp³-hybridized carbons (Fsp3) is 0.0833. The van der Waals surface area contributed by atoms with Crippen molar-refractivity contribution < 1.29 is 43.1 Å². The van der Waals surface area contributed by atoms with E-state index in [4.69, 9.17) is 0 Å². The second kappa shape index (κ2) is 4.75. The molecule has 0 radical (unpaired) electrons. The standard InChI is InChI=1S/C12H9NO3S.Na/c1-13-9-5-6-10(17(15)16)7-3-2-4-8(11(7)9)12(13)14;/h2-6H,1H3,(H,15,16);/q;+1/p-1. The largest absolute Gasteiger partial charge is 1.00 e. The predicted molar refractivity (Wildman–Crippen MR) is 63.9 cm³/mol. The summed E-state index contributed by atoms with van der Waals surface area (Å²) >= 11 is -2.29. The van der Waals surface area contributed by atoms with Crippen molar-refractivity contribution in [3.05, 3.63) is 35.9 Å². The molecule has 1 aliphatic heterocycles. The second-order valence-electron chi connectivity index (χ2n) is 3.91. The van der Waals surface area contributed by atoms with Crippen LogP contribution in [0.2, 0.25) is 0 Å². The Morgan fingerprint density at radius 1 is 1.22 bits per heavy atom. The molecule has 1 heterocycles. The van der Waals surface area contributed by atoms with Gasteiger partial charge in [-0.05, 0) is 34.7 Å².